The Morgan fingerprint density at radius 2 is 1.62 bits per heavy atom. The molecule has 1 saturated heterocycles. The molecule has 0 saturated carbocycles. The van der Waals surface area contributed by atoms with Gasteiger partial charge in [-0.2, -0.15) is 0 Å². The van der Waals surface area contributed by atoms with Gasteiger partial charge in [0.25, 0.3) is 0 Å². The highest BCUT2D eigenvalue weighted by atomic mass is 16.7. The molecule has 1 fully saturated rings. The summed E-state index contributed by atoms with van der Waals surface area (Å²) in [5.74, 6) is 0. The van der Waals surface area contributed by atoms with E-state index in [9.17, 15) is 0 Å². The normalized spacial score (nSPS) is 37.3. The molecular weight excluding hydrogens is 204 g/mol. The lowest BCUT2D eigenvalue weighted by Crippen LogP contribution is -2.65. The van der Waals surface area contributed by atoms with Crippen LogP contribution < -0.4 is 0 Å². The van der Waals surface area contributed by atoms with Crippen molar-refractivity contribution in [3.63, 3.8) is 0 Å². The highest BCUT2D eigenvalue weighted by Crippen LogP contribution is 2.43. The van der Waals surface area contributed by atoms with Gasteiger partial charge in [0.05, 0.1) is 11.2 Å². The van der Waals surface area contributed by atoms with Crippen LogP contribution in [0, 0.1) is 0 Å². The molecule has 0 aliphatic carbocycles. The molecule has 0 N–H and O–H groups in total. The third-order valence-electron chi connectivity index (χ3n) is 3.80. The number of hydrogen-bond donors (Lipinski definition) is 0. The van der Waals surface area contributed by atoms with Crippen LogP contribution in [0.2, 0.25) is 0 Å². The van der Waals surface area contributed by atoms with Crippen molar-refractivity contribution in [2.75, 3.05) is 7.11 Å². The van der Waals surface area contributed by atoms with Crippen LogP contribution in [0.5, 0.6) is 0 Å². The minimum Gasteiger partial charge on any atom is -0.361 e. The van der Waals surface area contributed by atoms with Crippen molar-refractivity contribution in [1.82, 2.24) is 0 Å². The van der Waals surface area contributed by atoms with Gasteiger partial charge in [-0.05, 0) is 41.0 Å². The molecule has 0 aromatic rings. The zero-order valence-electron chi connectivity index (χ0n) is 11.7. The van der Waals surface area contributed by atoms with Crippen molar-refractivity contribution in [2.24, 2.45) is 0 Å². The monoisotopic (exact) mass is 230 g/mol. The van der Waals surface area contributed by atoms with Gasteiger partial charge in [0.15, 0.2) is 6.29 Å². The topological polar surface area (TPSA) is 27.7 Å². The Morgan fingerprint density at radius 3 is 2.06 bits per heavy atom. The second kappa shape index (κ2) is 4.28. The van der Waals surface area contributed by atoms with Gasteiger partial charge in [-0.3, -0.25) is 0 Å². The van der Waals surface area contributed by atoms with E-state index in [1.165, 1.54) is 0 Å². The van der Waals surface area contributed by atoms with Crippen molar-refractivity contribution in [1.29, 1.82) is 0 Å². The summed E-state index contributed by atoms with van der Waals surface area (Å²) in [5, 5.41) is 0. The third-order valence-corrected chi connectivity index (χ3v) is 3.80. The Morgan fingerprint density at radius 1 is 1.06 bits per heavy atom. The molecule has 1 aliphatic heterocycles. The summed E-state index contributed by atoms with van der Waals surface area (Å²) < 4.78 is 17.8. The Balaban J connectivity index is 2.97. The molecule has 0 amide bonds. The van der Waals surface area contributed by atoms with Crippen molar-refractivity contribution in [3.8, 4) is 0 Å². The lowest BCUT2D eigenvalue weighted by Gasteiger charge is -2.55. The van der Waals surface area contributed by atoms with Crippen LogP contribution in [0.15, 0.2) is 0 Å². The first kappa shape index (κ1) is 13.9. The predicted octanol–water partition coefficient (Wildman–Crippen LogP) is 3.12. The maximum atomic E-state index is 6.27. The maximum absolute atomic E-state index is 6.27. The quantitative estimate of drug-likeness (QED) is 0.745. The first-order chi connectivity index (χ1) is 7.18. The fraction of sp³-hybridized carbons (Fsp3) is 1.00. The average Bonchev–Trinajstić information content (AvgIpc) is 2.11. The van der Waals surface area contributed by atoms with Crippen LogP contribution >= 0.6 is 0 Å². The summed E-state index contributed by atoms with van der Waals surface area (Å²) in [7, 11) is 1.68. The van der Waals surface area contributed by atoms with E-state index in [0.29, 0.717) is 0 Å². The van der Waals surface area contributed by atoms with Gasteiger partial charge in [-0.25, -0.2) is 0 Å². The van der Waals surface area contributed by atoms with Gasteiger partial charge in [0.1, 0.15) is 5.60 Å². The second-order valence-corrected chi connectivity index (χ2v) is 5.87. The minimum absolute atomic E-state index is 0.296. The van der Waals surface area contributed by atoms with E-state index in [0.717, 1.165) is 12.8 Å². The standard InChI is InChI=1S/C13H26O3/c1-8-9-13(6)10(14-7)15-11(2,3)12(4,5)16-13/h10H,8-9H2,1-7H3. The van der Waals surface area contributed by atoms with Gasteiger partial charge in [0.2, 0.25) is 0 Å². The molecule has 0 spiro atoms. The Hall–Kier alpha value is -0.120. The molecule has 1 heterocycles. The average molecular weight is 230 g/mol. The van der Waals surface area contributed by atoms with Gasteiger partial charge in [-0.15, -0.1) is 0 Å². The van der Waals surface area contributed by atoms with E-state index in [1.807, 2.05) is 13.8 Å². The lowest BCUT2D eigenvalue weighted by atomic mass is 9.84. The number of hydrogen-bond acceptors (Lipinski definition) is 3. The highest BCUT2D eigenvalue weighted by Gasteiger charge is 2.54. The van der Waals surface area contributed by atoms with Gasteiger partial charge >= 0.3 is 0 Å². The van der Waals surface area contributed by atoms with Crippen LogP contribution in [-0.2, 0) is 14.2 Å². The first-order valence-electron chi connectivity index (χ1n) is 6.09. The molecule has 1 rings (SSSR count). The van der Waals surface area contributed by atoms with Gasteiger partial charge < -0.3 is 14.2 Å². The SMILES string of the molecule is CCCC1(C)OC(C)(C)C(C)(C)OC1OC. The largest absolute Gasteiger partial charge is 0.361 e. The van der Waals surface area contributed by atoms with E-state index >= 15 is 0 Å². The molecule has 3 heteroatoms. The number of rotatable bonds is 3. The number of ether oxygens (including phenoxy) is 3. The van der Waals surface area contributed by atoms with E-state index in [4.69, 9.17) is 14.2 Å². The van der Waals surface area contributed by atoms with Gasteiger partial charge in [-0.1, -0.05) is 13.3 Å². The van der Waals surface area contributed by atoms with Crippen LogP contribution in [-0.4, -0.2) is 30.2 Å². The van der Waals surface area contributed by atoms with E-state index in [-0.39, 0.29) is 23.1 Å². The smallest absolute Gasteiger partial charge is 0.186 e. The van der Waals surface area contributed by atoms with Crippen molar-refractivity contribution in [2.45, 2.75) is 77.5 Å². The zero-order valence-corrected chi connectivity index (χ0v) is 11.7. The summed E-state index contributed by atoms with van der Waals surface area (Å²) in [6, 6.07) is 0. The van der Waals surface area contributed by atoms with Crippen LogP contribution in [0.4, 0.5) is 0 Å². The second-order valence-electron chi connectivity index (χ2n) is 5.87. The Bertz CT molecular complexity index is 248. The highest BCUT2D eigenvalue weighted by molar-refractivity contribution is 4.99. The summed E-state index contributed by atoms with van der Waals surface area (Å²) in [6.07, 6.45) is 1.69. The fourth-order valence-electron chi connectivity index (χ4n) is 2.25. The van der Waals surface area contributed by atoms with E-state index < -0.39 is 0 Å². The number of methoxy groups -OCH3 is 1. The van der Waals surface area contributed by atoms with E-state index in [2.05, 4.69) is 27.7 Å². The molecule has 0 bridgehead atoms. The van der Waals surface area contributed by atoms with E-state index in [1.54, 1.807) is 7.11 Å². The molecule has 16 heavy (non-hydrogen) atoms. The summed E-state index contributed by atoms with van der Waals surface area (Å²) in [6.45, 7) is 12.5. The molecule has 0 radical (unpaired) electrons. The van der Waals surface area contributed by atoms with Crippen LogP contribution in [0.1, 0.15) is 54.4 Å². The zero-order chi connectivity index (χ0) is 12.6. The summed E-state index contributed by atoms with van der Waals surface area (Å²) in [5.41, 5.74) is -1.02. The van der Waals surface area contributed by atoms with Crippen molar-refractivity contribution < 1.29 is 14.2 Å². The van der Waals surface area contributed by atoms with Crippen LogP contribution in [0.3, 0.4) is 0 Å². The maximum Gasteiger partial charge on any atom is 0.186 e. The van der Waals surface area contributed by atoms with Gasteiger partial charge in [0, 0.05) is 7.11 Å². The molecular formula is C13H26O3. The molecule has 1 aliphatic rings. The van der Waals surface area contributed by atoms with Crippen molar-refractivity contribution in [3.05, 3.63) is 0 Å². The molecule has 0 aromatic heterocycles. The Kier molecular flexibility index (Phi) is 3.73. The Labute approximate surface area is 99.5 Å². The third kappa shape index (κ3) is 2.27. The molecule has 2 atom stereocenters. The fourth-order valence-corrected chi connectivity index (χ4v) is 2.25. The summed E-state index contributed by atoms with van der Waals surface area (Å²) in [4.78, 5) is 0. The molecule has 96 valence electrons. The minimum atomic E-state index is -0.359. The molecule has 2 unspecified atom stereocenters. The molecule has 0 aromatic carbocycles. The lowest BCUT2D eigenvalue weighted by molar-refractivity contribution is -0.383. The predicted molar refractivity (Wildman–Crippen MR) is 64.4 cm³/mol. The molecule has 3 nitrogen and oxygen atoms in total. The summed E-state index contributed by atoms with van der Waals surface area (Å²) >= 11 is 0. The van der Waals surface area contributed by atoms with Crippen LogP contribution in [0.25, 0.3) is 0 Å². The first-order valence-corrected chi connectivity index (χ1v) is 6.09. The van der Waals surface area contributed by atoms with Crippen molar-refractivity contribution >= 4 is 0 Å².